The summed E-state index contributed by atoms with van der Waals surface area (Å²) in [5.41, 5.74) is 7.62. The predicted molar refractivity (Wildman–Crippen MR) is 277 cm³/mol. The van der Waals surface area contributed by atoms with Crippen molar-refractivity contribution in [1.82, 2.24) is 9.13 Å². The summed E-state index contributed by atoms with van der Waals surface area (Å²) in [7, 11) is -2.96. The molecule has 64 heavy (non-hydrogen) atoms. The molecule has 4 heteroatoms. The third kappa shape index (κ3) is 5.43. The Morgan fingerprint density at radius 3 is 1.53 bits per heavy atom. The summed E-state index contributed by atoms with van der Waals surface area (Å²) in [6, 6.07) is 77.4. The molecule has 13 aromatic rings. The topological polar surface area (TPSA) is 9.86 Å². The number of hydrogen-bond donors (Lipinski definition) is 0. The van der Waals surface area contributed by atoms with Gasteiger partial charge < -0.3 is 9.13 Å². The summed E-state index contributed by atoms with van der Waals surface area (Å²) >= 11 is 1.75. The number of aromatic nitrogens is 2. The number of nitrogens with zero attached hydrogens (tertiary/aromatic N) is 2. The highest BCUT2D eigenvalue weighted by atomic mass is 32.1. The lowest BCUT2D eigenvalue weighted by Crippen LogP contribution is -2.74. The van der Waals surface area contributed by atoms with Crippen molar-refractivity contribution < 1.29 is 5.48 Å². The first kappa shape index (κ1) is 32.9. The van der Waals surface area contributed by atoms with E-state index in [-0.39, 0.29) is 24.2 Å². The fourth-order valence-electron chi connectivity index (χ4n) is 10.5. The maximum atomic E-state index is 9.64. The molecular formula is C60H40N2SSi. The van der Waals surface area contributed by atoms with Crippen LogP contribution in [0.4, 0.5) is 0 Å². The molecule has 3 heterocycles. The summed E-state index contributed by atoms with van der Waals surface area (Å²) in [5, 5.41) is 10.7. The van der Waals surface area contributed by atoms with Crippen LogP contribution in [0.5, 0.6) is 0 Å². The third-order valence-electron chi connectivity index (χ3n) is 13.2. The second-order valence-electron chi connectivity index (χ2n) is 16.5. The van der Waals surface area contributed by atoms with Gasteiger partial charge in [0.25, 0.3) is 0 Å². The van der Waals surface area contributed by atoms with Gasteiger partial charge in [0, 0.05) is 42.7 Å². The third-order valence-corrected chi connectivity index (χ3v) is 19.2. The minimum atomic E-state index is -2.96. The molecule has 2 nitrogen and oxygen atoms in total. The molecule has 13 rings (SSSR count). The summed E-state index contributed by atoms with van der Waals surface area (Å²) < 4.78 is 44.0. The summed E-state index contributed by atoms with van der Waals surface area (Å²) in [4.78, 5) is 0. The molecule has 0 saturated heterocycles. The highest BCUT2D eigenvalue weighted by molar-refractivity contribution is 7.26. The molecule has 0 radical (unpaired) electrons. The Morgan fingerprint density at radius 1 is 0.391 bits per heavy atom. The molecule has 300 valence electrons. The zero-order chi connectivity index (χ0) is 45.7. The SMILES string of the molecule is [2H]c1c([2H])c([2H])c2c(c1[2H])c1cc(-n3c4ccccc4c4ccccc43)c3sc4ccccc4c3c1n2-c1ccc([Si](c2ccccc2)(c2ccccc2)c2ccc(-c3ccccc3)cc2)cc1. The van der Waals surface area contributed by atoms with E-state index >= 15 is 0 Å². The van der Waals surface area contributed by atoms with E-state index in [1.165, 1.54) is 31.9 Å². The molecular weight excluding hydrogens is 809 g/mol. The van der Waals surface area contributed by atoms with E-state index in [4.69, 9.17) is 2.74 Å². The van der Waals surface area contributed by atoms with Gasteiger partial charge in [-0.05, 0) is 74.3 Å². The Bertz CT molecular complexity index is 4010. The fraction of sp³-hybridized carbons (Fsp3) is 0. The normalized spacial score (nSPS) is 12.9. The first-order valence-corrected chi connectivity index (χ1v) is 24.5. The molecule has 10 aromatic carbocycles. The van der Waals surface area contributed by atoms with Gasteiger partial charge in [-0.2, -0.15) is 0 Å². The van der Waals surface area contributed by atoms with Crippen LogP contribution in [0.25, 0.3) is 86.3 Å². The first-order chi connectivity index (χ1) is 33.4. The molecule has 0 aliphatic heterocycles. The summed E-state index contributed by atoms with van der Waals surface area (Å²) in [5.74, 6) is 0. The molecule has 0 spiro atoms. The maximum Gasteiger partial charge on any atom is 0.179 e. The van der Waals surface area contributed by atoms with E-state index in [9.17, 15) is 2.74 Å². The van der Waals surface area contributed by atoms with Crippen LogP contribution >= 0.6 is 11.3 Å². The van der Waals surface area contributed by atoms with Gasteiger partial charge in [0.1, 0.15) is 0 Å². The van der Waals surface area contributed by atoms with Crippen molar-refractivity contribution >= 4 is 104 Å². The number of benzene rings is 10. The van der Waals surface area contributed by atoms with Gasteiger partial charge in [0.15, 0.2) is 8.07 Å². The molecule has 0 bridgehead atoms. The van der Waals surface area contributed by atoms with Gasteiger partial charge in [-0.25, -0.2) is 0 Å². The van der Waals surface area contributed by atoms with Crippen LogP contribution in [0, 0.1) is 0 Å². The van der Waals surface area contributed by atoms with Crippen LogP contribution in [-0.4, -0.2) is 17.2 Å². The van der Waals surface area contributed by atoms with Crippen molar-refractivity contribution in [2.75, 3.05) is 0 Å². The lowest BCUT2D eigenvalue weighted by atomic mass is 10.1. The second-order valence-corrected chi connectivity index (χ2v) is 21.4. The van der Waals surface area contributed by atoms with Crippen molar-refractivity contribution in [2.24, 2.45) is 0 Å². The van der Waals surface area contributed by atoms with Crippen molar-refractivity contribution in [1.29, 1.82) is 0 Å². The van der Waals surface area contributed by atoms with Crippen molar-refractivity contribution in [3.63, 3.8) is 0 Å². The van der Waals surface area contributed by atoms with E-state index in [2.05, 4.69) is 221 Å². The molecule has 0 N–H and O–H groups in total. The predicted octanol–water partition coefficient (Wildman–Crippen LogP) is 13.3. The smallest absolute Gasteiger partial charge is 0.179 e. The van der Waals surface area contributed by atoms with Crippen LogP contribution in [-0.2, 0) is 0 Å². The summed E-state index contributed by atoms with van der Waals surface area (Å²) in [6.07, 6.45) is 0. The van der Waals surface area contributed by atoms with Gasteiger partial charge in [-0.3, -0.25) is 0 Å². The number of fused-ring (bicyclic) bond motifs is 10. The van der Waals surface area contributed by atoms with E-state index in [1.807, 2.05) is 6.07 Å². The Hall–Kier alpha value is -7.76. The van der Waals surface area contributed by atoms with Gasteiger partial charge in [0.05, 0.1) is 37.9 Å². The highest BCUT2D eigenvalue weighted by Crippen LogP contribution is 2.47. The standard InChI is InChI=1S/C60H40N2SSi/c1-4-18-41(19-5-1)42-32-36-46(37-33-42)64(44-20-6-2-7-21-44,45-22-8-3-9-23-45)47-38-34-43(35-39-47)61-53-28-14-12-26-50(53)52-40-56(60-58(59(52)61)51-27-13-17-31-57(51)63-60)62-54-29-15-10-24-48(54)49-25-11-16-30-55(49)62/h1-40H/i12D,14D,26D,28D. The molecule has 0 aliphatic rings. The number of hydrogen-bond acceptors (Lipinski definition) is 1. The molecule has 0 aliphatic carbocycles. The number of rotatable bonds is 7. The Labute approximate surface area is 381 Å². The molecule has 0 saturated carbocycles. The average Bonchev–Trinajstić information content (AvgIpc) is 4.07. The molecule has 0 atom stereocenters. The number of thiophene rings is 1. The zero-order valence-electron chi connectivity index (χ0n) is 38.6. The Morgan fingerprint density at radius 2 is 0.891 bits per heavy atom. The monoisotopic (exact) mass is 852 g/mol. The van der Waals surface area contributed by atoms with E-state index in [0.29, 0.717) is 10.9 Å². The quantitative estimate of drug-likeness (QED) is 0.112. The second kappa shape index (κ2) is 14.7. The van der Waals surface area contributed by atoms with Crippen LogP contribution in [0.3, 0.4) is 0 Å². The van der Waals surface area contributed by atoms with Gasteiger partial charge in [-0.1, -0.05) is 200 Å². The molecule has 3 aromatic heterocycles. The Kier molecular flexibility index (Phi) is 7.54. The van der Waals surface area contributed by atoms with Gasteiger partial charge >= 0.3 is 0 Å². The van der Waals surface area contributed by atoms with Crippen LogP contribution in [0.1, 0.15) is 5.48 Å². The fourth-order valence-corrected chi connectivity index (χ4v) is 16.4. The molecule has 0 fully saturated rings. The summed E-state index contributed by atoms with van der Waals surface area (Å²) in [6.45, 7) is 0. The minimum absolute atomic E-state index is 0.0491. The Balaban J connectivity index is 1.12. The highest BCUT2D eigenvalue weighted by Gasteiger charge is 2.41. The van der Waals surface area contributed by atoms with Crippen LogP contribution < -0.4 is 20.7 Å². The van der Waals surface area contributed by atoms with Crippen molar-refractivity contribution in [3.05, 3.63) is 243 Å². The average molecular weight is 853 g/mol. The van der Waals surface area contributed by atoms with Crippen LogP contribution in [0.15, 0.2) is 243 Å². The zero-order valence-corrected chi connectivity index (χ0v) is 36.4. The van der Waals surface area contributed by atoms with Crippen LogP contribution in [0.2, 0.25) is 0 Å². The molecule has 0 amide bonds. The number of para-hydroxylation sites is 3. The van der Waals surface area contributed by atoms with E-state index in [1.54, 1.807) is 11.3 Å². The van der Waals surface area contributed by atoms with Gasteiger partial charge in [-0.15, -0.1) is 11.3 Å². The minimum Gasteiger partial charge on any atom is -0.309 e. The largest absolute Gasteiger partial charge is 0.309 e. The maximum absolute atomic E-state index is 9.64. The molecule has 0 unspecified atom stereocenters. The van der Waals surface area contributed by atoms with E-state index in [0.717, 1.165) is 64.3 Å². The lowest BCUT2D eigenvalue weighted by molar-refractivity contribution is 1.18. The van der Waals surface area contributed by atoms with E-state index < -0.39 is 8.07 Å². The van der Waals surface area contributed by atoms with Crippen molar-refractivity contribution in [3.8, 4) is 22.5 Å². The van der Waals surface area contributed by atoms with Crippen molar-refractivity contribution in [2.45, 2.75) is 0 Å². The first-order valence-electron chi connectivity index (χ1n) is 23.7. The lowest BCUT2D eigenvalue weighted by Gasteiger charge is -2.34. The van der Waals surface area contributed by atoms with Gasteiger partial charge in [0.2, 0.25) is 0 Å².